The van der Waals surface area contributed by atoms with Crippen LogP contribution in [-0.4, -0.2) is 22.5 Å². The monoisotopic (exact) mass is 261 g/mol. The molecule has 0 saturated carbocycles. The summed E-state index contributed by atoms with van der Waals surface area (Å²) in [5, 5.41) is 7.08. The van der Waals surface area contributed by atoms with Crippen LogP contribution in [0.5, 0.6) is 0 Å². The molecule has 1 unspecified atom stereocenters. The number of hydrogen-bond donors (Lipinski definition) is 1. The molecule has 102 valence electrons. The zero-order chi connectivity index (χ0) is 13.3. The summed E-state index contributed by atoms with van der Waals surface area (Å²) in [5.41, 5.74) is 0.738. The fourth-order valence-corrected chi connectivity index (χ4v) is 2.13. The number of alkyl halides is 3. The van der Waals surface area contributed by atoms with Gasteiger partial charge < -0.3 is 5.32 Å². The molecule has 0 amide bonds. The Morgan fingerprint density at radius 2 is 2.22 bits per heavy atom. The van der Waals surface area contributed by atoms with Crippen LogP contribution < -0.4 is 5.32 Å². The summed E-state index contributed by atoms with van der Waals surface area (Å²) in [7, 11) is 0. The van der Waals surface area contributed by atoms with Gasteiger partial charge in [-0.3, -0.25) is 0 Å². The van der Waals surface area contributed by atoms with E-state index in [-0.39, 0.29) is 6.42 Å². The quantitative estimate of drug-likeness (QED) is 0.903. The Kier molecular flexibility index (Phi) is 3.54. The van der Waals surface area contributed by atoms with E-state index < -0.39 is 12.2 Å². The Morgan fingerprint density at radius 1 is 1.50 bits per heavy atom. The third-order valence-corrected chi connectivity index (χ3v) is 3.16. The normalized spacial score (nSPS) is 19.8. The van der Waals surface area contributed by atoms with E-state index in [9.17, 15) is 13.2 Å². The average molecular weight is 261 g/mol. The lowest BCUT2D eigenvalue weighted by Crippen LogP contribution is -2.33. The summed E-state index contributed by atoms with van der Waals surface area (Å²) in [4.78, 5) is 0. The first-order valence-corrected chi connectivity index (χ1v) is 6.27. The molecule has 0 bridgehead atoms. The minimum Gasteiger partial charge on any atom is -0.370 e. The number of aryl methyl sites for hydroxylation is 1. The number of halogens is 3. The number of hydrogen-bond acceptors (Lipinski definition) is 2. The highest BCUT2D eigenvalue weighted by Crippen LogP contribution is 2.37. The van der Waals surface area contributed by atoms with Crippen molar-refractivity contribution in [2.45, 2.75) is 45.3 Å². The molecule has 0 aliphatic carbocycles. The van der Waals surface area contributed by atoms with Gasteiger partial charge in [0.2, 0.25) is 0 Å². The van der Waals surface area contributed by atoms with Gasteiger partial charge in [0, 0.05) is 12.6 Å². The van der Waals surface area contributed by atoms with Crippen molar-refractivity contribution < 1.29 is 13.2 Å². The first kappa shape index (κ1) is 13.2. The smallest absolute Gasteiger partial charge is 0.370 e. The second-order valence-corrected chi connectivity index (χ2v) is 5.17. The van der Waals surface area contributed by atoms with E-state index in [0.717, 1.165) is 23.2 Å². The topological polar surface area (TPSA) is 29.9 Å². The molecular weight excluding hydrogens is 243 g/mol. The van der Waals surface area contributed by atoms with Crippen molar-refractivity contribution in [3.63, 3.8) is 0 Å². The summed E-state index contributed by atoms with van der Waals surface area (Å²) in [5.74, 6) is 1.01. The average Bonchev–Trinajstić information content (AvgIpc) is 2.66. The Morgan fingerprint density at radius 3 is 2.83 bits per heavy atom. The van der Waals surface area contributed by atoms with Crippen molar-refractivity contribution in [1.29, 1.82) is 0 Å². The molecule has 18 heavy (non-hydrogen) atoms. The van der Waals surface area contributed by atoms with Crippen molar-refractivity contribution >= 4 is 5.82 Å². The van der Waals surface area contributed by atoms with Crippen LogP contribution in [0.2, 0.25) is 0 Å². The maximum atomic E-state index is 12.9. The van der Waals surface area contributed by atoms with Gasteiger partial charge in [-0.2, -0.15) is 18.3 Å². The molecule has 1 aromatic heterocycles. The SMILES string of the molecule is CC(C)CCc1cc2n(n1)C(C(F)(F)F)CCN2. The number of rotatable bonds is 3. The molecule has 0 spiro atoms. The van der Waals surface area contributed by atoms with Crippen molar-refractivity contribution in [3.05, 3.63) is 11.8 Å². The molecule has 0 aromatic carbocycles. The van der Waals surface area contributed by atoms with E-state index in [0.29, 0.717) is 18.3 Å². The summed E-state index contributed by atoms with van der Waals surface area (Å²) in [6, 6.07) is 0.252. The largest absolute Gasteiger partial charge is 0.410 e. The van der Waals surface area contributed by atoms with Gasteiger partial charge in [0.25, 0.3) is 0 Å². The van der Waals surface area contributed by atoms with E-state index in [4.69, 9.17) is 0 Å². The van der Waals surface area contributed by atoms with Gasteiger partial charge in [-0.25, -0.2) is 4.68 Å². The van der Waals surface area contributed by atoms with Gasteiger partial charge in [0.15, 0.2) is 6.04 Å². The van der Waals surface area contributed by atoms with E-state index in [1.807, 2.05) is 0 Å². The molecule has 6 heteroatoms. The van der Waals surface area contributed by atoms with Crippen LogP contribution in [0.25, 0.3) is 0 Å². The molecule has 0 radical (unpaired) electrons. The molecule has 3 nitrogen and oxygen atoms in total. The first-order chi connectivity index (χ1) is 8.38. The predicted octanol–water partition coefficient (Wildman–Crippen LogP) is 3.39. The molecule has 0 saturated heterocycles. The fraction of sp³-hybridized carbons (Fsp3) is 0.750. The molecule has 0 fully saturated rings. The highest BCUT2D eigenvalue weighted by molar-refractivity contribution is 5.39. The zero-order valence-corrected chi connectivity index (χ0v) is 10.6. The maximum Gasteiger partial charge on any atom is 0.410 e. The second kappa shape index (κ2) is 4.82. The highest BCUT2D eigenvalue weighted by Gasteiger charge is 2.43. The number of fused-ring (bicyclic) bond motifs is 1. The minimum atomic E-state index is -4.22. The van der Waals surface area contributed by atoms with Crippen LogP contribution in [0.4, 0.5) is 19.0 Å². The lowest BCUT2D eigenvalue weighted by atomic mass is 10.1. The van der Waals surface area contributed by atoms with E-state index in [1.165, 1.54) is 0 Å². The van der Waals surface area contributed by atoms with Gasteiger partial charge in [-0.15, -0.1) is 0 Å². The van der Waals surface area contributed by atoms with Crippen molar-refractivity contribution in [3.8, 4) is 0 Å². The molecular formula is C12H18F3N3. The first-order valence-electron chi connectivity index (χ1n) is 6.27. The lowest BCUT2D eigenvalue weighted by Gasteiger charge is -2.27. The highest BCUT2D eigenvalue weighted by atomic mass is 19.4. The Hall–Kier alpha value is -1.20. The van der Waals surface area contributed by atoms with Gasteiger partial charge in [0.1, 0.15) is 5.82 Å². The molecule has 1 aliphatic rings. The van der Waals surface area contributed by atoms with Crippen LogP contribution >= 0.6 is 0 Å². The summed E-state index contributed by atoms with van der Waals surface area (Å²) >= 11 is 0. The van der Waals surface area contributed by atoms with Gasteiger partial charge in [0.05, 0.1) is 5.69 Å². The van der Waals surface area contributed by atoms with E-state index >= 15 is 0 Å². The summed E-state index contributed by atoms with van der Waals surface area (Å²) in [6.07, 6.45) is -2.52. The van der Waals surface area contributed by atoms with Crippen molar-refractivity contribution in [2.24, 2.45) is 5.92 Å². The molecule has 1 aromatic rings. The minimum absolute atomic E-state index is 0.0435. The maximum absolute atomic E-state index is 12.9. The Labute approximate surface area is 104 Å². The molecule has 1 atom stereocenters. The number of anilines is 1. The number of aromatic nitrogens is 2. The van der Waals surface area contributed by atoms with Crippen LogP contribution in [0.1, 0.15) is 38.4 Å². The summed E-state index contributed by atoms with van der Waals surface area (Å²) in [6.45, 7) is 4.53. The Balaban J connectivity index is 2.18. The molecule has 1 N–H and O–H groups in total. The van der Waals surface area contributed by atoms with Crippen molar-refractivity contribution in [1.82, 2.24) is 9.78 Å². The van der Waals surface area contributed by atoms with Crippen LogP contribution in [0, 0.1) is 5.92 Å². The second-order valence-electron chi connectivity index (χ2n) is 5.17. The number of nitrogens with one attached hydrogen (secondary N) is 1. The molecule has 2 heterocycles. The zero-order valence-electron chi connectivity index (χ0n) is 10.6. The number of nitrogens with zero attached hydrogens (tertiary/aromatic N) is 2. The summed E-state index contributed by atoms with van der Waals surface area (Å²) < 4.78 is 39.7. The van der Waals surface area contributed by atoms with Crippen LogP contribution in [0.15, 0.2) is 6.07 Å². The van der Waals surface area contributed by atoms with E-state index in [2.05, 4.69) is 24.3 Å². The van der Waals surface area contributed by atoms with Crippen molar-refractivity contribution in [2.75, 3.05) is 11.9 Å². The van der Waals surface area contributed by atoms with Crippen LogP contribution in [0.3, 0.4) is 0 Å². The Bertz CT molecular complexity index is 409. The molecule has 2 rings (SSSR count). The van der Waals surface area contributed by atoms with Crippen LogP contribution in [-0.2, 0) is 6.42 Å². The fourth-order valence-electron chi connectivity index (χ4n) is 2.13. The standard InChI is InChI=1S/C12H18F3N3/c1-8(2)3-4-9-7-11-16-6-5-10(12(13,14)15)18(11)17-9/h7-8,10,16H,3-6H2,1-2H3. The van der Waals surface area contributed by atoms with Gasteiger partial charge in [-0.1, -0.05) is 13.8 Å². The molecule has 1 aliphatic heterocycles. The lowest BCUT2D eigenvalue weighted by molar-refractivity contribution is -0.171. The third kappa shape index (κ3) is 2.79. The van der Waals surface area contributed by atoms with E-state index in [1.54, 1.807) is 6.07 Å². The predicted molar refractivity (Wildman–Crippen MR) is 63.6 cm³/mol. The third-order valence-electron chi connectivity index (χ3n) is 3.16. The van der Waals surface area contributed by atoms with Gasteiger partial charge >= 0.3 is 6.18 Å². The van der Waals surface area contributed by atoms with Gasteiger partial charge in [-0.05, 0) is 25.2 Å².